The second-order valence-electron chi connectivity index (χ2n) is 4.98. The summed E-state index contributed by atoms with van der Waals surface area (Å²) in [7, 11) is -3.12. The fourth-order valence-corrected chi connectivity index (χ4v) is 5.06. The van der Waals surface area contributed by atoms with E-state index in [0.717, 1.165) is 4.47 Å². The number of aliphatic hydroxyl groups excluding tert-OH is 1. The van der Waals surface area contributed by atoms with Gasteiger partial charge in [-0.2, -0.15) is 0 Å². The largest absolute Gasteiger partial charge is 0.388 e. The van der Waals surface area contributed by atoms with E-state index in [0.29, 0.717) is 17.0 Å². The summed E-state index contributed by atoms with van der Waals surface area (Å²) in [4.78, 5) is 0. The highest BCUT2D eigenvalue weighted by molar-refractivity contribution is 9.10. The molecule has 0 aromatic heterocycles. The molecule has 0 amide bonds. The molecular weight excluding hydrogens is 354 g/mol. The van der Waals surface area contributed by atoms with Gasteiger partial charge in [-0.25, -0.2) is 8.42 Å². The highest BCUT2D eigenvalue weighted by Gasteiger charge is 2.47. The Balaban J connectivity index is 2.36. The molecule has 1 fully saturated rings. The summed E-state index contributed by atoms with van der Waals surface area (Å²) in [6, 6.07) is 5.09. The molecule has 0 radical (unpaired) electrons. The van der Waals surface area contributed by atoms with Crippen LogP contribution in [0.15, 0.2) is 22.7 Å². The smallest absolute Gasteiger partial charge is 0.151 e. The van der Waals surface area contributed by atoms with Crippen molar-refractivity contribution < 1.29 is 13.5 Å². The van der Waals surface area contributed by atoms with E-state index < -0.39 is 21.4 Å². The molecule has 1 saturated heterocycles. The van der Waals surface area contributed by atoms with Crippen LogP contribution in [0.1, 0.15) is 18.1 Å². The fraction of sp³-hybridized carbons (Fsp3) is 0.500. The predicted octanol–water partition coefficient (Wildman–Crippen LogP) is 1.90. The Morgan fingerprint density at radius 3 is 2.68 bits per heavy atom. The minimum absolute atomic E-state index is 0.0749. The predicted molar refractivity (Wildman–Crippen MR) is 78.9 cm³/mol. The van der Waals surface area contributed by atoms with Gasteiger partial charge in [-0.1, -0.05) is 17.7 Å². The molecule has 2 rings (SSSR count). The zero-order chi connectivity index (χ0) is 14.3. The van der Waals surface area contributed by atoms with Crippen molar-refractivity contribution in [3.63, 3.8) is 0 Å². The molecular formula is C12H15BrClNO3S. The van der Waals surface area contributed by atoms with Gasteiger partial charge >= 0.3 is 0 Å². The maximum absolute atomic E-state index is 11.7. The van der Waals surface area contributed by atoms with Crippen LogP contribution < -0.4 is 5.73 Å². The Labute approximate surface area is 126 Å². The van der Waals surface area contributed by atoms with Gasteiger partial charge in [0.1, 0.15) is 0 Å². The van der Waals surface area contributed by atoms with Gasteiger partial charge in [-0.05, 0) is 40.0 Å². The average Bonchev–Trinajstić information content (AvgIpc) is 2.69. The number of halogens is 2. The molecule has 7 heteroatoms. The van der Waals surface area contributed by atoms with Crippen molar-refractivity contribution in [1.82, 2.24) is 0 Å². The highest BCUT2D eigenvalue weighted by atomic mass is 79.9. The van der Waals surface area contributed by atoms with Crippen molar-refractivity contribution in [2.24, 2.45) is 11.1 Å². The SMILES string of the molecule is NCC1(C(O)c2ccc(Br)c(Cl)c2)CCS(=O)(=O)C1. The lowest BCUT2D eigenvalue weighted by Crippen LogP contribution is -2.38. The van der Waals surface area contributed by atoms with E-state index in [9.17, 15) is 13.5 Å². The summed E-state index contributed by atoms with van der Waals surface area (Å²) in [5, 5.41) is 11.0. The van der Waals surface area contributed by atoms with Crippen LogP contribution in [0.2, 0.25) is 5.02 Å². The number of hydrogen-bond acceptors (Lipinski definition) is 4. The van der Waals surface area contributed by atoms with Crippen molar-refractivity contribution in [2.75, 3.05) is 18.1 Å². The minimum atomic E-state index is -3.12. The normalized spacial score (nSPS) is 27.4. The van der Waals surface area contributed by atoms with Crippen molar-refractivity contribution >= 4 is 37.4 Å². The van der Waals surface area contributed by atoms with E-state index in [4.69, 9.17) is 17.3 Å². The highest BCUT2D eigenvalue weighted by Crippen LogP contribution is 2.43. The van der Waals surface area contributed by atoms with E-state index in [1.165, 1.54) is 0 Å². The van der Waals surface area contributed by atoms with Crippen molar-refractivity contribution in [2.45, 2.75) is 12.5 Å². The first-order valence-electron chi connectivity index (χ1n) is 5.83. The molecule has 106 valence electrons. The number of hydrogen-bond donors (Lipinski definition) is 2. The molecule has 2 atom stereocenters. The molecule has 1 aromatic carbocycles. The Hall–Kier alpha value is -0.140. The summed E-state index contributed by atoms with van der Waals surface area (Å²) >= 11 is 9.28. The van der Waals surface area contributed by atoms with Gasteiger partial charge in [0.05, 0.1) is 22.6 Å². The third kappa shape index (κ3) is 2.97. The third-order valence-electron chi connectivity index (χ3n) is 3.66. The molecule has 0 saturated carbocycles. The Bertz CT molecular complexity index is 593. The molecule has 4 nitrogen and oxygen atoms in total. The lowest BCUT2D eigenvalue weighted by atomic mass is 9.78. The number of sulfone groups is 1. The Kier molecular flexibility index (Phi) is 4.28. The zero-order valence-corrected chi connectivity index (χ0v) is 13.3. The minimum Gasteiger partial charge on any atom is -0.388 e. The first-order valence-corrected chi connectivity index (χ1v) is 8.82. The molecule has 3 N–H and O–H groups in total. The van der Waals surface area contributed by atoms with Gasteiger partial charge in [-0.3, -0.25) is 0 Å². The van der Waals surface area contributed by atoms with Crippen LogP contribution in [0.4, 0.5) is 0 Å². The topological polar surface area (TPSA) is 80.4 Å². The van der Waals surface area contributed by atoms with Crippen molar-refractivity contribution in [3.8, 4) is 0 Å². The van der Waals surface area contributed by atoms with Crippen LogP contribution in [-0.4, -0.2) is 31.6 Å². The van der Waals surface area contributed by atoms with Crippen molar-refractivity contribution in [3.05, 3.63) is 33.3 Å². The molecule has 0 spiro atoms. The standard InChI is InChI=1S/C12H15BrClNO3S/c13-9-2-1-8(5-10(9)14)11(16)12(6-15)3-4-19(17,18)7-12/h1-2,5,11,16H,3-4,6-7,15H2. The van der Waals surface area contributed by atoms with Gasteiger partial charge in [0, 0.05) is 16.4 Å². The van der Waals surface area contributed by atoms with Crippen molar-refractivity contribution in [1.29, 1.82) is 0 Å². The molecule has 1 heterocycles. The van der Waals surface area contributed by atoms with Crippen LogP contribution >= 0.6 is 27.5 Å². The Morgan fingerprint density at radius 1 is 1.53 bits per heavy atom. The van der Waals surface area contributed by atoms with Crippen LogP contribution in [0, 0.1) is 5.41 Å². The van der Waals surface area contributed by atoms with Crippen LogP contribution in [0.25, 0.3) is 0 Å². The lowest BCUT2D eigenvalue weighted by molar-refractivity contribution is 0.0472. The van der Waals surface area contributed by atoms with E-state index in [1.54, 1.807) is 18.2 Å². The van der Waals surface area contributed by atoms with Crippen LogP contribution in [0.5, 0.6) is 0 Å². The summed E-state index contributed by atoms with van der Waals surface area (Å²) in [6.45, 7) is 0.126. The lowest BCUT2D eigenvalue weighted by Gasteiger charge is -2.32. The first-order chi connectivity index (χ1) is 8.80. The quantitative estimate of drug-likeness (QED) is 0.854. The molecule has 1 aromatic rings. The van der Waals surface area contributed by atoms with Gasteiger partial charge in [-0.15, -0.1) is 0 Å². The summed E-state index contributed by atoms with van der Waals surface area (Å²) in [6.07, 6.45) is -0.555. The number of benzene rings is 1. The molecule has 19 heavy (non-hydrogen) atoms. The molecule has 1 aliphatic heterocycles. The second-order valence-corrected chi connectivity index (χ2v) is 8.43. The van der Waals surface area contributed by atoms with E-state index in [1.807, 2.05) is 0 Å². The molecule has 0 bridgehead atoms. The van der Waals surface area contributed by atoms with E-state index >= 15 is 0 Å². The number of nitrogens with two attached hydrogens (primary N) is 1. The van der Waals surface area contributed by atoms with Gasteiger partial charge in [0.25, 0.3) is 0 Å². The molecule has 0 aliphatic carbocycles. The fourth-order valence-electron chi connectivity index (χ4n) is 2.47. The maximum Gasteiger partial charge on any atom is 0.151 e. The molecule has 2 unspecified atom stereocenters. The monoisotopic (exact) mass is 367 g/mol. The van der Waals surface area contributed by atoms with E-state index in [-0.39, 0.29) is 18.1 Å². The first kappa shape index (κ1) is 15.3. The zero-order valence-electron chi connectivity index (χ0n) is 10.1. The average molecular weight is 369 g/mol. The number of aliphatic hydroxyl groups is 1. The summed E-state index contributed by atoms with van der Waals surface area (Å²) in [5.41, 5.74) is 5.51. The van der Waals surface area contributed by atoms with Crippen LogP contribution in [-0.2, 0) is 9.84 Å². The molecule has 1 aliphatic rings. The van der Waals surface area contributed by atoms with E-state index in [2.05, 4.69) is 15.9 Å². The van der Waals surface area contributed by atoms with Gasteiger partial charge < -0.3 is 10.8 Å². The van der Waals surface area contributed by atoms with Gasteiger partial charge in [0.2, 0.25) is 0 Å². The maximum atomic E-state index is 11.7. The second kappa shape index (κ2) is 5.33. The summed E-state index contributed by atoms with van der Waals surface area (Å²) < 4.78 is 24.1. The number of rotatable bonds is 3. The van der Waals surface area contributed by atoms with Gasteiger partial charge in [0.15, 0.2) is 9.84 Å². The Morgan fingerprint density at radius 2 is 2.21 bits per heavy atom. The third-order valence-corrected chi connectivity index (χ3v) is 6.74. The summed E-state index contributed by atoms with van der Waals surface area (Å²) in [5.74, 6) is -0.00311. The van der Waals surface area contributed by atoms with Crippen LogP contribution in [0.3, 0.4) is 0 Å².